The molecule has 0 aliphatic heterocycles. The molecule has 0 spiro atoms. The first-order valence-corrected chi connectivity index (χ1v) is 5.79. The maximum atomic E-state index is 11.8. The van der Waals surface area contributed by atoms with Crippen LogP contribution in [0.2, 0.25) is 0 Å². The van der Waals surface area contributed by atoms with Gasteiger partial charge in [-0.05, 0) is 17.5 Å². The monoisotopic (exact) mass is 308 g/mol. The minimum atomic E-state index is -0.0930. The number of hydrogen-bond donors (Lipinski definition) is 1. The normalized spacial score (nSPS) is 10.1. The Balaban J connectivity index is 0.00000108. The summed E-state index contributed by atoms with van der Waals surface area (Å²) in [6.45, 7) is 0. The fourth-order valence-electron chi connectivity index (χ4n) is 1.68. The third kappa shape index (κ3) is 2.16. The molecule has 0 amide bonds. The van der Waals surface area contributed by atoms with E-state index in [4.69, 9.17) is 0 Å². The van der Waals surface area contributed by atoms with E-state index < -0.39 is 0 Å². The first-order valence-electron chi connectivity index (χ1n) is 4.85. The molecule has 2 heterocycles. The summed E-state index contributed by atoms with van der Waals surface area (Å²) in [5, 5.41) is 2.89. The fourth-order valence-corrected chi connectivity index (χ4v) is 2.24. The van der Waals surface area contributed by atoms with Crippen LogP contribution < -0.4 is 5.56 Å². The molecule has 17 heavy (non-hydrogen) atoms. The minimum Gasteiger partial charge on any atom is -0.321 e. The average Bonchev–Trinajstić information content (AvgIpc) is 2.81. The molecule has 0 unspecified atom stereocenters. The number of rotatable bonds is 1. The van der Waals surface area contributed by atoms with Gasteiger partial charge in [0, 0.05) is 10.9 Å². The molecule has 5 heteroatoms. The maximum Gasteiger partial charge on any atom is 0.257 e. The van der Waals surface area contributed by atoms with Gasteiger partial charge in [0.2, 0.25) is 0 Å². The molecule has 2 aromatic heterocycles. The second kappa shape index (κ2) is 4.81. The molecule has 1 aromatic carbocycles. The molecular weight excluding hydrogens is 300 g/mol. The molecule has 0 atom stereocenters. The van der Waals surface area contributed by atoms with Gasteiger partial charge in [0.1, 0.15) is 0 Å². The second-order valence-electron chi connectivity index (χ2n) is 3.47. The summed E-state index contributed by atoms with van der Waals surface area (Å²) in [4.78, 5) is 18.8. The molecule has 86 valence electrons. The van der Waals surface area contributed by atoms with Crippen LogP contribution in [0.1, 0.15) is 0 Å². The first-order chi connectivity index (χ1) is 7.84. The van der Waals surface area contributed by atoms with Gasteiger partial charge in [-0.3, -0.25) is 4.79 Å². The zero-order valence-electron chi connectivity index (χ0n) is 8.71. The van der Waals surface area contributed by atoms with Crippen LogP contribution >= 0.6 is 28.3 Å². The van der Waals surface area contributed by atoms with Crippen molar-refractivity contribution >= 4 is 39.2 Å². The maximum absolute atomic E-state index is 11.8. The van der Waals surface area contributed by atoms with Crippen LogP contribution in [-0.2, 0) is 0 Å². The van der Waals surface area contributed by atoms with E-state index >= 15 is 0 Å². The molecule has 0 radical (unpaired) electrons. The summed E-state index contributed by atoms with van der Waals surface area (Å²) in [6, 6.07) is 9.60. The summed E-state index contributed by atoms with van der Waals surface area (Å²) in [5.74, 6) is 0. The van der Waals surface area contributed by atoms with Gasteiger partial charge in [0.05, 0.1) is 16.8 Å². The van der Waals surface area contributed by atoms with Crippen molar-refractivity contribution in [3.05, 3.63) is 51.6 Å². The van der Waals surface area contributed by atoms with Gasteiger partial charge in [-0.1, -0.05) is 18.2 Å². The lowest BCUT2D eigenvalue weighted by atomic mass is 10.1. The number of para-hydroxylation sites is 1. The third-order valence-electron chi connectivity index (χ3n) is 2.46. The van der Waals surface area contributed by atoms with E-state index in [1.807, 2.05) is 35.7 Å². The van der Waals surface area contributed by atoms with Crippen molar-refractivity contribution in [1.29, 1.82) is 0 Å². The van der Waals surface area contributed by atoms with E-state index in [1.165, 1.54) is 11.3 Å². The predicted octanol–water partition coefficient (Wildman–Crippen LogP) is 3.23. The smallest absolute Gasteiger partial charge is 0.257 e. The number of fused-ring (bicyclic) bond motifs is 1. The molecule has 0 bridgehead atoms. The molecule has 0 aliphatic carbocycles. The van der Waals surface area contributed by atoms with E-state index in [1.54, 1.807) is 5.51 Å². The van der Waals surface area contributed by atoms with Crippen molar-refractivity contribution in [2.24, 2.45) is 0 Å². The lowest BCUT2D eigenvalue weighted by molar-refractivity contribution is 1.28. The van der Waals surface area contributed by atoms with E-state index in [9.17, 15) is 4.79 Å². The van der Waals surface area contributed by atoms with Gasteiger partial charge >= 0.3 is 0 Å². The number of halogens is 1. The van der Waals surface area contributed by atoms with Gasteiger partial charge in [-0.2, -0.15) is 0 Å². The van der Waals surface area contributed by atoms with E-state index in [-0.39, 0.29) is 22.5 Å². The molecule has 1 N–H and O–H groups in total. The van der Waals surface area contributed by atoms with Crippen LogP contribution in [0.25, 0.3) is 22.2 Å². The molecule has 0 saturated heterocycles. The number of thiazole rings is 1. The Bertz CT molecular complexity index is 691. The Morgan fingerprint density at radius 2 is 2.06 bits per heavy atom. The van der Waals surface area contributed by atoms with Gasteiger partial charge < -0.3 is 4.98 Å². The van der Waals surface area contributed by atoms with Gasteiger partial charge in [-0.25, -0.2) is 4.98 Å². The third-order valence-corrected chi connectivity index (χ3v) is 3.05. The Morgan fingerprint density at radius 1 is 1.24 bits per heavy atom. The lowest BCUT2D eigenvalue weighted by Gasteiger charge is -2.00. The van der Waals surface area contributed by atoms with Gasteiger partial charge in [-0.15, -0.1) is 28.3 Å². The Morgan fingerprint density at radius 3 is 2.82 bits per heavy atom. The summed E-state index contributed by atoms with van der Waals surface area (Å²) in [6.07, 6.45) is 0. The minimum absolute atomic E-state index is 0. The first kappa shape index (κ1) is 12.0. The number of H-pyrrole nitrogens is 1. The topological polar surface area (TPSA) is 45.8 Å². The molecular formula is C12H9BrN2OS. The zero-order chi connectivity index (χ0) is 11.0. The molecule has 0 aliphatic rings. The average molecular weight is 309 g/mol. The van der Waals surface area contributed by atoms with Crippen LogP contribution in [-0.4, -0.2) is 9.97 Å². The van der Waals surface area contributed by atoms with Crippen molar-refractivity contribution in [3.63, 3.8) is 0 Å². The number of nitrogens with one attached hydrogen (secondary N) is 1. The quantitative estimate of drug-likeness (QED) is 0.750. The Hall–Kier alpha value is -1.46. The van der Waals surface area contributed by atoms with Crippen LogP contribution in [0.15, 0.2) is 46.0 Å². The van der Waals surface area contributed by atoms with Crippen molar-refractivity contribution in [1.82, 2.24) is 9.97 Å². The summed E-state index contributed by atoms with van der Waals surface area (Å²) < 4.78 is 0. The summed E-state index contributed by atoms with van der Waals surface area (Å²) >= 11 is 1.48. The number of nitrogens with zero attached hydrogens (tertiary/aromatic N) is 1. The summed E-state index contributed by atoms with van der Waals surface area (Å²) in [7, 11) is 0. The number of aromatic nitrogens is 2. The molecule has 3 rings (SSSR count). The van der Waals surface area contributed by atoms with Crippen molar-refractivity contribution in [3.8, 4) is 11.3 Å². The molecule has 3 aromatic rings. The van der Waals surface area contributed by atoms with Crippen LogP contribution in [0, 0.1) is 0 Å². The number of benzene rings is 1. The van der Waals surface area contributed by atoms with Crippen molar-refractivity contribution < 1.29 is 0 Å². The highest BCUT2D eigenvalue weighted by molar-refractivity contribution is 8.93. The number of pyridine rings is 1. The fraction of sp³-hybridized carbons (Fsp3) is 0. The van der Waals surface area contributed by atoms with Crippen molar-refractivity contribution in [2.75, 3.05) is 0 Å². The van der Waals surface area contributed by atoms with Crippen molar-refractivity contribution in [2.45, 2.75) is 0 Å². The molecule has 0 fully saturated rings. The summed E-state index contributed by atoms with van der Waals surface area (Å²) in [5.41, 5.74) is 3.84. The molecule has 3 nitrogen and oxygen atoms in total. The highest BCUT2D eigenvalue weighted by Crippen LogP contribution is 2.18. The van der Waals surface area contributed by atoms with Crippen LogP contribution in [0.5, 0.6) is 0 Å². The standard InChI is InChI=1S/C12H8N2OS.BrH/c15-12-9(11-6-16-7-13-11)5-8-3-1-2-4-10(8)14-12;/h1-7H,(H,14,15);1H. The Labute approximate surface area is 112 Å². The molecule has 0 saturated carbocycles. The largest absolute Gasteiger partial charge is 0.321 e. The van der Waals surface area contributed by atoms with E-state index in [0.717, 1.165) is 16.6 Å². The van der Waals surface area contributed by atoms with Gasteiger partial charge in [0.15, 0.2) is 0 Å². The van der Waals surface area contributed by atoms with E-state index in [0.29, 0.717) is 5.56 Å². The lowest BCUT2D eigenvalue weighted by Crippen LogP contribution is -2.08. The SMILES string of the molecule is Br.O=c1[nH]c2ccccc2cc1-c1cscn1. The number of hydrogen-bond acceptors (Lipinski definition) is 3. The van der Waals surface area contributed by atoms with Crippen LogP contribution in [0.3, 0.4) is 0 Å². The zero-order valence-corrected chi connectivity index (χ0v) is 11.2. The second-order valence-corrected chi connectivity index (χ2v) is 4.19. The highest BCUT2D eigenvalue weighted by Gasteiger charge is 2.06. The Kier molecular flexibility index (Phi) is 3.40. The highest BCUT2D eigenvalue weighted by atomic mass is 79.9. The van der Waals surface area contributed by atoms with Gasteiger partial charge in [0.25, 0.3) is 5.56 Å². The number of aromatic amines is 1. The van der Waals surface area contributed by atoms with E-state index in [2.05, 4.69) is 9.97 Å². The van der Waals surface area contributed by atoms with Crippen LogP contribution in [0.4, 0.5) is 0 Å². The predicted molar refractivity (Wildman–Crippen MR) is 76.0 cm³/mol.